The SMILES string of the molecule is CC(C)[Si](OC1=CCCC2NC(=O)C(Cc3ccccc3)C12C)(C(C)C)C(C)C. The molecule has 0 bridgehead atoms. The molecule has 3 nitrogen and oxygen atoms in total. The molecule has 2 aliphatic rings. The fourth-order valence-corrected chi connectivity index (χ4v) is 11.5. The van der Waals surface area contributed by atoms with Gasteiger partial charge in [0.1, 0.15) is 0 Å². The van der Waals surface area contributed by atoms with Gasteiger partial charge in [-0.2, -0.15) is 0 Å². The van der Waals surface area contributed by atoms with E-state index in [1.807, 2.05) is 6.07 Å². The van der Waals surface area contributed by atoms with Crippen LogP contribution in [-0.4, -0.2) is 20.3 Å². The van der Waals surface area contributed by atoms with Gasteiger partial charge in [-0.1, -0.05) is 71.9 Å². The van der Waals surface area contributed by atoms with Crippen molar-refractivity contribution in [3.8, 4) is 0 Å². The summed E-state index contributed by atoms with van der Waals surface area (Å²) in [4.78, 5) is 13.1. The van der Waals surface area contributed by atoms with E-state index in [-0.39, 0.29) is 23.3 Å². The van der Waals surface area contributed by atoms with Crippen molar-refractivity contribution < 1.29 is 9.22 Å². The summed E-state index contributed by atoms with van der Waals surface area (Å²) in [6.45, 7) is 16.2. The lowest BCUT2D eigenvalue weighted by Crippen LogP contribution is -2.51. The first-order chi connectivity index (χ1) is 13.6. The predicted molar refractivity (Wildman–Crippen MR) is 123 cm³/mol. The Morgan fingerprint density at radius 3 is 2.21 bits per heavy atom. The van der Waals surface area contributed by atoms with Gasteiger partial charge in [0, 0.05) is 6.04 Å². The fraction of sp³-hybridized carbons (Fsp3) is 0.640. The van der Waals surface area contributed by atoms with Gasteiger partial charge < -0.3 is 9.74 Å². The van der Waals surface area contributed by atoms with Crippen molar-refractivity contribution in [1.82, 2.24) is 5.32 Å². The van der Waals surface area contributed by atoms with Gasteiger partial charge in [-0.15, -0.1) is 0 Å². The van der Waals surface area contributed by atoms with Crippen molar-refractivity contribution in [2.45, 2.75) is 90.4 Å². The molecule has 1 N–H and O–H groups in total. The van der Waals surface area contributed by atoms with Crippen LogP contribution >= 0.6 is 0 Å². The molecule has 1 aromatic carbocycles. The van der Waals surface area contributed by atoms with Crippen molar-refractivity contribution in [2.75, 3.05) is 0 Å². The molecule has 0 aromatic heterocycles. The molecule has 1 fully saturated rings. The average molecular weight is 414 g/mol. The third-order valence-electron chi connectivity index (χ3n) is 7.67. The quantitative estimate of drug-likeness (QED) is 0.539. The summed E-state index contributed by atoms with van der Waals surface area (Å²) in [5.74, 6) is 1.19. The van der Waals surface area contributed by atoms with Crippen molar-refractivity contribution in [1.29, 1.82) is 0 Å². The van der Waals surface area contributed by atoms with E-state index in [9.17, 15) is 4.79 Å². The first-order valence-electron chi connectivity index (χ1n) is 11.4. The second-order valence-corrected chi connectivity index (χ2v) is 15.5. The van der Waals surface area contributed by atoms with E-state index in [0.29, 0.717) is 16.6 Å². The highest BCUT2D eigenvalue weighted by molar-refractivity contribution is 6.77. The number of nitrogens with one attached hydrogen (secondary N) is 1. The van der Waals surface area contributed by atoms with Gasteiger partial charge in [0.15, 0.2) is 0 Å². The molecular formula is C25H39NO2Si. The maximum Gasteiger partial charge on any atom is 0.258 e. The highest BCUT2D eigenvalue weighted by atomic mass is 28.4. The normalized spacial score (nSPS) is 27.2. The standard InChI is InChI=1S/C25H39NO2Si/c1-17(2)29(18(3)4,19(5)6)28-23-15-11-14-22-25(23,7)21(24(27)26-22)16-20-12-9-8-10-13-20/h8-10,12-13,15,17-19,21-22H,11,14,16H2,1-7H3,(H,26,27). The second kappa shape index (κ2) is 8.29. The fourth-order valence-electron chi connectivity index (χ4n) is 6.10. The van der Waals surface area contributed by atoms with Crippen LogP contribution in [0.4, 0.5) is 0 Å². The molecule has 29 heavy (non-hydrogen) atoms. The van der Waals surface area contributed by atoms with Gasteiger partial charge in [-0.25, -0.2) is 0 Å². The number of allylic oxidation sites excluding steroid dienone is 1. The third-order valence-corrected chi connectivity index (χ3v) is 13.7. The lowest BCUT2D eigenvalue weighted by atomic mass is 9.67. The van der Waals surface area contributed by atoms with E-state index in [1.165, 1.54) is 5.56 Å². The minimum Gasteiger partial charge on any atom is -0.545 e. The maximum atomic E-state index is 13.1. The Labute approximate surface area is 178 Å². The molecule has 1 aliphatic heterocycles. The number of rotatable bonds is 7. The zero-order chi connectivity index (χ0) is 21.4. The van der Waals surface area contributed by atoms with E-state index in [0.717, 1.165) is 25.0 Å². The van der Waals surface area contributed by atoms with E-state index >= 15 is 0 Å². The van der Waals surface area contributed by atoms with Gasteiger partial charge in [-0.05, 0) is 54.4 Å². The van der Waals surface area contributed by atoms with E-state index in [1.54, 1.807) is 0 Å². The third kappa shape index (κ3) is 3.69. The number of hydrogen-bond acceptors (Lipinski definition) is 2. The number of carbonyl (C=O) groups excluding carboxylic acids is 1. The van der Waals surface area contributed by atoms with Crippen LogP contribution in [0, 0.1) is 11.3 Å². The van der Waals surface area contributed by atoms with Crippen LogP contribution in [0.2, 0.25) is 16.6 Å². The molecular weight excluding hydrogens is 374 g/mol. The zero-order valence-electron chi connectivity index (χ0n) is 19.3. The molecule has 4 heteroatoms. The van der Waals surface area contributed by atoms with Gasteiger partial charge in [-0.3, -0.25) is 4.79 Å². The Balaban J connectivity index is 2.00. The summed E-state index contributed by atoms with van der Waals surface area (Å²) in [7, 11) is -2.07. The summed E-state index contributed by atoms with van der Waals surface area (Å²) in [6, 6.07) is 10.6. The molecule has 1 amide bonds. The largest absolute Gasteiger partial charge is 0.545 e. The highest BCUT2D eigenvalue weighted by Crippen LogP contribution is 2.53. The zero-order valence-corrected chi connectivity index (χ0v) is 20.3. The van der Waals surface area contributed by atoms with Gasteiger partial charge in [0.2, 0.25) is 5.91 Å². The highest BCUT2D eigenvalue weighted by Gasteiger charge is 2.58. The molecule has 0 saturated carbocycles. The molecule has 1 aliphatic carbocycles. The van der Waals surface area contributed by atoms with Crippen LogP contribution in [0.1, 0.15) is 66.9 Å². The van der Waals surface area contributed by atoms with Gasteiger partial charge in [0.25, 0.3) is 8.32 Å². The van der Waals surface area contributed by atoms with Crippen LogP contribution in [0.15, 0.2) is 42.2 Å². The summed E-state index contributed by atoms with van der Waals surface area (Å²) in [5.41, 5.74) is 2.50. The van der Waals surface area contributed by atoms with Crippen molar-refractivity contribution in [2.24, 2.45) is 11.3 Å². The minimum atomic E-state index is -2.07. The first kappa shape index (κ1) is 22.1. The van der Waals surface area contributed by atoms with Crippen LogP contribution in [0.5, 0.6) is 0 Å². The molecule has 0 radical (unpaired) electrons. The maximum absolute atomic E-state index is 13.1. The van der Waals surface area contributed by atoms with E-state index < -0.39 is 8.32 Å². The second-order valence-electron chi connectivity index (χ2n) is 10.2. The summed E-state index contributed by atoms with van der Waals surface area (Å²) >= 11 is 0. The minimum absolute atomic E-state index is 0.0837. The monoisotopic (exact) mass is 413 g/mol. The molecule has 0 spiro atoms. The van der Waals surface area contributed by atoms with Crippen LogP contribution in [-0.2, 0) is 15.6 Å². The first-order valence-corrected chi connectivity index (χ1v) is 13.5. The van der Waals surface area contributed by atoms with Crippen LogP contribution < -0.4 is 5.32 Å². The number of amides is 1. The van der Waals surface area contributed by atoms with E-state index in [4.69, 9.17) is 4.43 Å². The topological polar surface area (TPSA) is 38.3 Å². The van der Waals surface area contributed by atoms with Crippen molar-refractivity contribution >= 4 is 14.2 Å². The Hall–Kier alpha value is -1.55. The average Bonchev–Trinajstić information content (AvgIpc) is 2.91. The summed E-state index contributed by atoms with van der Waals surface area (Å²) in [6.07, 6.45) is 5.05. The molecule has 1 aromatic rings. The Kier molecular flexibility index (Phi) is 6.33. The smallest absolute Gasteiger partial charge is 0.258 e. The molecule has 1 heterocycles. The van der Waals surface area contributed by atoms with Gasteiger partial charge >= 0.3 is 0 Å². The number of benzene rings is 1. The number of fused-ring (bicyclic) bond motifs is 1. The van der Waals surface area contributed by atoms with E-state index in [2.05, 4.69) is 84.1 Å². The van der Waals surface area contributed by atoms with Crippen LogP contribution in [0.3, 0.4) is 0 Å². The lowest BCUT2D eigenvalue weighted by Gasteiger charge is -2.48. The summed E-state index contributed by atoms with van der Waals surface area (Å²) < 4.78 is 7.20. The van der Waals surface area contributed by atoms with Crippen molar-refractivity contribution in [3.05, 3.63) is 47.7 Å². The molecule has 3 unspecified atom stereocenters. The van der Waals surface area contributed by atoms with Gasteiger partial charge in [0.05, 0.1) is 17.1 Å². The molecule has 160 valence electrons. The van der Waals surface area contributed by atoms with Crippen molar-refractivity contribution in [3.63, 3.8) is 0 Å². The molecule has 3 atom stereocenters. The Bertz CT molecular complexity index is 734. The Morgan fingerprint density at radius 2 is 1.66 bits per heavy atom. The predicted octanol–water partition coefficient (Wildman–Crippen LogP) is 6.22. The number of carbonyl (C=O) groups is 1. The number of hydrogen-bond donors (Lipinski definition) is 1. The molecule has 1 saturated heterocycles. The Morgan fingerprint density at radius 1 is 1.07 bits per heavy atom. The molecule has 3 rings (SSSR count). The lowest BCUT2D eigenvalue weighted by molar-refractivity contribution is -0.123. The van der Waals surface area contributed by atoms with Crippen LogP contribution in [0.25, 0.3) is 0 Å². The summed E-state index contributed by atoms with van der Waals surface area (Å²) in [5, 5.41) is 3.33.